The number of thioether (sulfide) groups is 1. The summed E-state index contributed by atoms with van der Waals surface area (Å²) in [6.07, 6.45) is 12.4. The number of ether oxygens (including phenoxy) is 1. The maximum absolute atomic E-state index is 11.2. The molecule has 1 unspecified atom stereocenters. The summed E-state index contributed by atoms with van der Waals surface area (Å²) >= 11 is 1.36. The number of carboxylic acids is 1. The molecule has 1 aromatic rings. The van der Waals surface area contributed by atoms with Crippen LogP contribution >= 0.6 is 11.8 Å². The summed E-state index contributed by atoms with van der Waals surface area (Å²) in [6, 6.07) is 6.87. The summed E-state index contributed by atoms with van der Waals surface area (Å²) in [6.45, 7) is 3.24. The van der Waals surface area contributed by atoms with Gasteiger partial charge in [0.2, 0.25) is 0 Å². The molecule has 4 nitrogen and oxygen atoms in total. The molecule has 0 saturated heterocycles. The number of aliphatic hydroxyl groups is 1. The van der Waals surface area contributed by atoms with Gasteiger partial charge in [-0.1, -0.05) is 76.8 Å². The van der Waals surface area contributed by atoms with Crippen molar-refractivity contribution >= 4 is 17.7 Å². The molecule has 0 aliphatic heterocycles. The smallest absolute Gasteiger partial charge is 0.336 e. The Kier molecular flexibility index (Phi) is 14.2. The van der Waals surface area contributed by atoms with Crippen molar-refractivity contribution in [3.63, 3.8) is 0 Å². The molecule has 1 rings (SSSR count). The molecule has 0 bridgehead atoms. The zero-order valence-corrected chi connectivity index (χ0v) is 17.5. The van der Waals surface area contributed by atoms with E-state index >= 15 is 0 Å². The number of hydrogen-bond acceptors (Lipinski definition) is 4. The van der Waals surface area contributed by atoms with Gasteiger partial charge in [0.25, 0.3) is 0 Å². The van der Waals surface area contributed by atoms with Crippen molar-refractivity contribution in [3.05, 3.63) is 29.8 Å². The zero-order chi connectivity index (χ0) is 19.7. The van der Waals surface area contributed by atoms with Gasteiger partial charge >= 0.3 is 5.97 Å². The second-order valence-electron chi connectivity index (χ2n) is 7.02. The molecule has 0 aromatic heterocycles. The molecule has 0 aliphatic rings. The van der Waals surface area contributed by atoms with Gasteiger partial charge in [0.15, 0.2) is 0 Å². The highest BCUT2D eigenvalue weighted by Gasteiger charge is 2.12. The minimum absolute atomic E-state index is 0.279. The molecule has 27 heavy (non-hydrogen) atoms. The second kappa shape index (κ2) is 16.0. The van der Waals surface area contributed by atoms with Crippen molar-refractivity contribution < 1.29 is 19.7 Å². The maximum atomic E-state index is 11.2. The van der Waals surface area contributed by atoms with Gasteiger partial charge in [0.05, 0.1) is 18.3 Å². The van der Waals surface area contributed by atoms with Crippen LogP contribution in [-0.2, 0) is 4.74 Å². The number of unbranched alkanes of at least 4 members (excludes halogenated alkanes) is 9. The second-order valence-corrected chi connectivity index (χ2v) is 8.08. The van der Waals surface area contributed by atoms with Crippen molar-refractivity contribution in [2.75, 3.05) is 19.0 Å². The molecule has 0 aliphatic carbocycles. The molecule has 0 radical (unpaired) electrons. The molecule has 0 spiro atoms. The Labute approximate surface area is 168 Å². The van der Waals surface area contributed by atoms with Crippen LogP contribution in [0.4, 0.5) is 0 Å². The van der Waals surface area contributed by atoms with Crippen LogP contribution in [0.2, 0.25) is 0 Å². The molecule has 0 heterocycles. The van der Waals surface area contributed by atoms with E-state index in [1.807, 2.05) is 6.07 Å². The van der Waals surface area contributed by atoms with Crippen LogP contribution in [0.25, 0.3) is 0 Å². The Morgan fingerprint density at radius 2 is 1.59 bits per heavy atom. The van der Waals surface area contributed by atoms with Gasteiger partial charge in [0.1, 0.15) is 0 Å². The third-order valence-corrected chi connectivity index (χ3v) is 5.72. The number of rotatable bonds is 17. The third kappa shape index (κ3) is 12.1. The number of benzene rings is 1. The molecule has 0 fully saturated rings. The lowest BCUT2D eigenvalue weighted by Gasteiger charge is -2.12. The first-order valence-electron chi connectivity index (χ1n) is 10.4. The summed E-state index contributed by atoms with van der Waals surface area (Å²) in [7, 11) is 0. The average Bonchev–Trinajstić information content (AvgIpc) is 2.67. The van der Waals surface area contributed by atoms with E-state index in [1.165, 1.54) is 69.5 Å². The lowest BCUT2D eigenvalue weighted by Crippen LogP contribution is -2.18. The molecule has 5 heteroatoms. The minimum atomic E-state index is -0.940. The van der Waals surface area contributed by atoms with Crippen LogP contribution in [0.15, 0.2) is 29.2 Å². The van der Waals surface area contributed by atoms with E-state index in [-0.39, 0.29) is 5.56 Å². The van der Waals surface area contributed by atoms with Crippen LogP contribution in [0, 0.1) is 0 Å². The van der Waals surface area contributed by atoms with Crippen LogP contribution in [-0.4, -0.2) is 41.3 Å². The van der Waals surface area contributed by atoms with E-state index in [1.54, 1.807) is 18.2 Å². The van der Waals surface area contributed by atoms with E-state index in [9.17, 15) is 9.90 Å². The number of aromatic carboxylic acids is 1. The maximum Gasteiger partial charge on any atom is 0.336 e. The molecule has 2 N–H and O–H groups in total. The topological polar surface area (TPSA) is 66.8 Å². The van der Waals surface area contributed by atoms with E-state index in [2.05, 4.69) is 6.92 Å². The fraction of sp³-hybridized carbons (Fsp3) is 0.682. The molecular weight excluding hydrogens is 360 g/mol. The van der Waals surface area contributed by atoms with Gasteiger partial charge in [-0.15, -0.1) is 11.8 Å². The Balaban J connectivity index is 1.97. The third-order valence-electron chi connectivity index (χ3n) is 4.50. The van der Waals surface area contributed by atoms with Crippen molar-refractivity contribution in [2.24, 2.45) is 0 Å². The minimum Gasteiger partial charge on any atom is -0.478 e. The van der Waals surface area contributed by atoms with Crippen molar-refractivity contribution in [1.29, 1.82) is 0 Å². The molecule has 1 aromatic carbocycles. The quantitative estimate of drug-likeness (QED) is 0.258. The molecule has 0 saturated carbocycles. The largest absolute Gasteiger partial charge is 0.478 e. The predicted octanol–water partition coefficient (Wildman–Crippen LogP) is 5.78. The lowest BCUT2D eigenvalue weighted by molar-refractivity contribution is 0.0467. The normalized spacial score (nSPS) is 12.2. The summed E-state index contributed by atoms with van der Waals surface area (Å²) in [4.78, 5) is 11.8. The van der Waals surface area contributed by atoms with Gasteiger partial charge in [-0.3, -0.25) is 0 Å². The molecule has 154 valence electrons. The summed E-state index contributed by atoms with van der Waals surface area (Å²) in [5.74, 6) is -0.507. The van der Waals surface area contributed by atoms with E-state index in [0.29, 0.717) is 23.9 Å². The Hall–Kier alpha value is -1.04. The van der Waals surface area contributed by atoms with Crippen molar-refractivity contribution in [3.8, 4) is 0 Å². The standard InChI is InChI=1S/C22H36O4S/c1-2-3-4-5-6-7-8-9-10-13-16-26-17-19(23)18-27-21-15-12-11-14-20(21)22(24)25/h11-12,14-15,19,23H,2-10,13,16-18H2,1H3,(H,24,25). The van der Waals surface area contributed by atoms with Gasteiger partial charge < -0.3 is 14.9 Å². The van der Waals surface area contributed by atoms with Crippen LogP contribution in [0.1, 0.15) is 81.5 Å². The number of hydrogen-bond donors (Lipinski definition) is 2. The molecule has 1 atom stereocenters. The highest BCUT2D eigenvalue weighted by Crippen LogP contribution is 2.23. The predicted molar refractivity (Wildman–Crippen MR) is 113 cm³/mol. The van der Waals surface area contributed by atoms with Crippen LogP contribution < -0.4 is 0 Å². The number of carbonyl (C=O) groups is 1. The van der Waals surface area contributed by atoms with Crippen LogP contribution in [0.3, 0.4) is 0 Å². The Morgan fingerprint density at radius 3 is 2.22 bits per heavy atom. The first-order chi connectivity index (χ1) is 13.1. The number of carboxylic acid groups (broad SMARTS) is 1. The van der Waals surface area contributed by atoms with Crippen molar-refractivity contribution in [2.45, 2.75) is 82.1 Å². The van der Waals surface area contributed by atoms with E-state index < -0.39 is 12.1 Å². The summed E-state index contributed by atoms with van der Waals surface area (Å²) in [5, 5.41) is 19.2. The summed E-state index contributed by atoms with van der Waals surface area (Å²) in [5.41, 5.74) is 0.279. The SMILES string of the molecule is CCCCCCCCCCCCOCC(O)CSc1ccccc1C(=O)O. The van der Waals surface area contributed by atoms with Gasteiger partial charge in [-0.25, -0.2) is 4.79 Å². The number of aliphatic hydroxyl groups excluding tert-OH is 1. The Bertz CT molecular complexity index is 507. The molecule has 0 amide bonds. The van der Waals surface area contributed by atoms with E-state index in [0.717, 1.165) is 6.42 Å². The lowest BCUT2D eigenvalue weighted by atomic mass is 10.1. The van der Waals surface area contributed by atoms with Gasteiger partial charge in [-0.05, 0) is 18.6 Å². The average molecular weight is 397 g/mol. The van der Waals surface area contributed by atoms with Gasteiger partial charge in [-0.2, -0.15) is 0 Å². The van der Waals surface area contributed by atoms with Crippen LogP contribution in [0.5, 0.6) is 0 Å². The fourth-order valence-electron chi connectivity index (χ4n) is 2.91. The first-order valence-corrected chi connectivity index (χ1v) is 11.3. The fourth-order valence-corrected chi connectivity index (χ4v) is 3.87. The molecular formula is C22H36O4S. The first kappa shape index (κ1) is 24.0. The summed E-state index contributed by atoms with van der Waals surface area (Å²) < 4.78 is 5.55. The Morgan fingerprint density at radius 1 is 1.00 bits per heavy atom. The monoisotopic (exact) mass is 396 g/mol. The highest BCUT2D eigenvalue weighted by molar-refractivity contribution is 7.99. The highest BCUT2D eigenvalue weighted by atomic mass is 32.2. The van der Waals surface area contributed by atoms with Crippen molar-refractivity contribution in [1.82, 2.24) is 0 Å². The zero-order valence-electron chi connectivity index (χ0n) is 16.7. The van der Waals surface area contributed by atoms with Gasteiger partial charge in [0, 0.05) is 17.3 Å². The van der Waals surface area contributed by atoms with E-state index in [4.69, 9.17) is 9.84 Å².